The fourth-order valence-electron chi connectivity index (χ4n) is 11.0. The van der Waals surface area contributed by atoms with Crippen molar-refractivity contribution in [3.63, 3.8) is 0 Å². The van der Waals surface area contributed by atoms with E-state index >= 15 is 0 Å². The van der Waals surface area contributed by atoms with Gasteiger partial charge in [-0.25, -0.2) is 0 Å². The largest absolute Gasteiger partial charge is 0.310 e. The van der Waals surface area contributed by atoms with Crippen LogP contribution in [0.15, 0.2) is 261 Å². The highest BCUT2D eigenvalue weighted by molar-refractivity contribution is 5.92. The third kappa shape index (κ3) is 5.56. The van der Waals surface area contributed by atoms with Gasteiger partial charge in [0.15, 0.2) is 0 Å². The quantitative estimate of drug-likeness (QED) is 0.155. The van der Waals surface area contributed by atoms with Crippen LogP contribution >= 0.6 is 0 Å². The van der Waals surface area contributed by atoms with Crippen molar-refractivity contribution in [3.05, 3.63) is 305 Å². The second-order valence-corrected chi connectivity index (χ2v) is 16.8. The Balaban J connectivity index is 1.12. The van der Waals surface area contributed by atoms with Gasteiger partial charge in [0.1, 0.15) is 0 Å². The number of benzene rings is 10. The average molecular weight is 802 g/mol. The second kappa shape index (κ2) is 14.9. The molecule has 10 aromatic carbocycles. The maximum atomic E-state index is 2.50. The van der Waals surface area contributed by atoms with Crippen LogP contribution in [0.2, 0.25) is 0 Å². The van der Waals surface area contributed by atoms with E-state index in [4.69, 9.17) is 0 Å². The van der Waals surface area contributed by atoms with E-state index in [2.05, 4.69) is 266 Å². The number of hydrogen-bond donors (Lipinski definition) is 0. The van der Waals surface area contributed by atoms with Crippen molar-refractivity contribution >= 4 is 17.1 Å². The van der Waals surface area contributed by atoms with Crippen molar-refractivity contribution in [2.45, 2.75) is 10.8 Å². The normalized spacial score (nSPS) is 13.7. The van der Waals surface area contributed by atoms with Gasteiger partial charge >= 0.3 is 0 Å². The Kier molecular flexibility index (Phi) is 8.69. The van der Waals surface area contributed by atoms with E-state index in [9.17, 15) is 0 Å². The first-order chi connectivity index (χ1) is 31.3. The van der Waals surface area contributed by atoms with Gasteiger partial charge in [-0.15, -0.1) is 0 Å². The van der Waals surface area contributed by atoms with Gasteiger partial charge in [0.2, 0.25) is 0 Å². The Morgan fingerprint density at radius 2 is 0.556 bits per heavy atom. The predicted molar refractivity (Wildman–Crippen MR) is 261 cm³/mol. The van der Waals surface area contributed by atoms with Crippen molar-refractivity contribution in [1.82, 2.24) is 0 Å². The molecule has 0 atom stereocenters. The van der Waals surface area contributed by atoms with Crippen LogP contribution in [0.5, 0.6) is 0 Å². The van der Waals surface area contributed by atoms with Gasteiger partial charge in [-0.1, -0.05) is 224 Å². The topological polar surface area (TPSA) is 3.24 Å². The van der Waals surface area contributed by atoms with Gasteiger partial charge in [0, 0.05) is 17.1 Å². The molecule has 1 heteroatoms. The molecule has 0 unspecified atom stereocenters. The Labute approximate surface area is 369 Å². The molecule has 0 saturated carbocycles. The van der Waals surface area contributed by atoms with Crippen LogP contribution in [-0.2, 0) is 10.8 Å². The Hall–Kier alpha value is -8.00. The van der Waals surface area contributed by atoms with Crippen LogP contribution in [0.3, 0.4) is 0 Å². The van der Waals surface area contributed by atoms with Crippen molar-refractivity contribution in [3.8, 4) is 33.4 Å². The molecule has 2 aliphatic carbocycles. The van der Waals surface area contributed by atoms with E-state index in [-0.39, 0.29) is 0 Å². The van der Waals surface area contributed by atoms with Crippen LogP contribution in [0.4, 0.5) is 17.1 Å². The highest BCUT2D eigenvalue weighted by Gasteiger charge is 2.56. The van der Waals surface area contributed by atoms with E-state index in [0.717, 1.165) is 17.1 Å². The standard InChI is InChI=1S/C62H43N/c1-5-19-44(20-6-1)46-33-37-50(38-34-46)63(51-39-35-47(36-40-51)45-21-7-2-8-22-45)52-41-42-54-53-27-13-14-28-55(53)62(60(54)43-52)58-31-17-15-29-56(58)61(48-23-9-3-10-24-48,49-25-11-4-12-26-49)57-30-16-18-32-59(57)62/h1-43H. The van der Waals surface area contributed by atoms with E-state index < -0.39 is 10.8 Å². The van der Waals surface area contributed by atoms with Crippen molar-refractivity contribution in [2.24, 2.45) is 0 Å². The lowest BCUT2D eigenvalue weighted by molar-refractivity contribution is 0.623. The zero-order valence-electron chi connectivity index (χ0n) is 34.8. The molecule has 0 aliphatic heterocycles. The summed E-state index contributed by atoms with van der Waals surface area (Å²) in [6, 6.07) is 96.5. The van der Waals surface area contributed by atoms with Gasteiger partial charge in [-0.3, -0.25) is 0 Å². The van der Waals surface area contributed by atoms with Crippen molar-refractivity contribution in [2.75, 3.05) is 4.90 Å². The lowest BCUT2D eigenvalue weighted by atomic mass is 9.51. The third-order valence-electron chi connectivity index (χ3n) is 13.6. The number of anilines is 3. The zero-order chi connectivity index (χ0) is 41.8. The zero-order valence-corrected chi connectivity index (χ0v) is 34.8. The lowest BCUT2D eigenvalue weighted by Gasteiger charge is -2.50. The highest BCUT2D eigenvalue weighted by Crippen LogP contribution is 2.65. The lowest BCUT2D eigenvalue weighted by Crippen LogP contribution is -2.44. The van der Waals surface area contributed by atoms with Crippen LogP contribution in [0.1, 0.15) is 44.5 Å². The first-order valence-corrected chi connectivity index (χ1v) is 21.9. The molecule has 0 aromatic heterocycles. The molecule has 1 nitrogen and oxygen atoms in total. The molecule has 296 valence electrons. The molecule has 10 aromatic rings. The van der Waals surface area contributed by atoms with E-state index in [1.54, 1.807) is 0 Å². The molecule has 63 heavy (non-hydrogen) atoms. The molecule has 1 spiro atoms. The van der Waals surface area contributed by atoms with Crippen molar-refractivity contribution in [1.29, 1.82) is 0 Å². The van der Waals surface area contributed by atoms with E-state index in [0.29, 0.717) is 0 Å². The molecule has 0 heterocycles. The molecule has 0 amide bonds. The van der Waals surface area contributed by atoms with Crippen LogP contribution in [-0.4, -0.2) is 0 Å². The van der Waals surface area contributed by atoms with Crippen LogP contribution < -0.4 is 4.90 Å². The number of nitrogens with zero attached hydrogens (tertiary/aromatic N) is 1. The average Bonchev–Trinajstić information content (AvgIpc) is 3.66. The second-order valence-electron chi connectivity index (χ2n) is 16.8. The smallest absolute Gasteiger partial charge is 0.0720 e. The summed E-state index contributed by atoms with van der Waals surface area (Å²) in [5, 5.41) is 0. The molecule has 12 rings (SSSR count). The SMILES string of the molecule is c1ccc(-c2ccc(N(c3ccc(-c4ccccc4)cc3)c3ccc4c(c3)C3(c5ccccc5-4)c4ccccc4C(c4ccccc4)(c4ccccc4)c4ccccc43)cc2)cc1. The molecule has 0 saturated heterocycles. The van der Waals surface area contributed by atoms with E-state index in [1.807, 2.05) is 0 Å². The van der Waals surface area contributed by atoms with E-state index in [1.165, 1.54) is 77.9 Å². The number of rotatable bonds is 7. The summed E-state index contributed by atoms with van der Waals surface area (Å²) in [5.41, 5.74) is 19.9. The summed E-state index contributed by atoms with van der Waals surface area (Å²) in [7, 11) is 0. The summed E-state index contributed by atoms with van der Waals surface area (Å²) < 4.78 is 0. The Morgan fingerprint density at radius 3 is 1.02 bits per heavy atom. The maximum absolute atomic E-state index is 2.50. The molecule has 0 radical (unpaired) electrons. The Bertz CT molecular complexity index is 3070. The van der Waals surface area contributed by atoms with Gasteiger partial charge in [-0.2, -0.15) is 0 Å². The first kappa shape index (κ1) is 36.8. The number of hydrogen-bond acceptors (Lipinski definition) is 1. The summed E-state index contributed by atoms with van der Waals surface area (Å²) in [6.45, 7) is 0. The monoisotopic (exact) mass is 801 g/mol. The molecule has 0 bridgehead atoms. The third-order valence-corrected chi connectivity index (χ3v) is 13.6. The fraction of sp³-hybridized carbons (Fsp3) is 0.0323. The summed E-state index contributed by atoms with van der Waals surface area (Å²) in [5.74, 6) is 0. The summed E-state index contributed by atoms with van der Waals surface area (Å²) >= 11 is 0. The minimum atomic E-state index is -0.595. The van der Waals surface area contributed by atoms with Crippen LogP contribution in [0.25, 0.3) is 33.4 Å². The summed E-state index contributed by atoms with van der Waals surface area (Å²) in [6.07, 6.45) is 0. The minimum Gasteiger partial charge on any atom is -0.310 e. The highest BCUT2D eigenvalue weighted by atomic mass is 15.1. The Morgan fingerprint density at radius 1 is 0.222 bits per heavy atom. The first-order valence-electron chi connectivity index (χ1n) is 21.9. The number of fused-ring (bicyclic) bond motifs is 9. The molecule has 2 aliphatic rings. The van der Waals surface area contributed by atoms with Gasteiger partial charge in [0.05, 0.1) is 10.8 Å². The van der Waals surface area contributed by atoms with Crippen LogP contribution in [0, 0.1) is 0 Å². The molecular weight excluding hydrogens is 759 g/mol. The maximum Gasteiger partial charge on any atom is 0.0720 e. The molecular formula is C62H43N. The van der Waals surface area contributed by atoms with Gasteiger partial charge in [0.25, 0.3) is 0 Å². The van der Waals surface area contributed by atoms with Gasteiger partial charge in [-0.05, 0) is 114 Å². The molecule has 0 N–H and O–H groups in total. The fourth-order valence-corrected chi connectivity index (χ4v) is 11.0. The molecule has 0 fully saturated rings. The minimum absolute atomic E-state index is 0.552. The van der Waals surface area contributed by atoms with Crippen molar-refractivity contribution < 1.29 is 0 Å². The predicted octanol–water partition coefficient (Wildman–Crippen LogP) is 15.5. The van der Waals surface area contributed by atoms with Gasteiger partial charge < -0.3 is 4.90 Å². The summed E-state index contributed by atoms with van der Waals surface area (Å²) in [4.78, 5) is 2.43.